The maximum absolute atomic E-state index is 13.4. The van der Waals surface area contributed by atoms with Crippen molar-refractivity contribution in [3.8, 4) is 0 Å². The van der Waals surface area contributed by atoms with Gasteiger partial charge in [-0.15, -0.1) is 0 Å². The minimum atomic E-state index is -2.97. The molecule has 2 rings (SSSR count). The fraction of sp³-hybridized carbons (Fsp3) is 0.882. The summed E-state index contributed by atoms with van der Waals surface area (Å²) in [5.41, 5.74) is -2.20. The summed E-state index contributed by atoms with van der Waals surface area (Å²) in [4.78, 5) is 25.0. The van der Waals surface area contributed by atoms with Crippen molar-refractivity contribution in [1.82, 2.24) is 15.5 Å². The van der Waals surface area contributed by atoms with Gasteiger partial charge in [-0.25, -0.2) is 9.59 Å². The lowest BCUT2D eigenvalue weighted by atomic mass is 9.80. The molecule has 0 spiro atoms. The number of rotatable bonds is 6. The molecule has 0 aromatic rings. The summed E-state index contributed by atoms with van der Waals surface area (Å²) in [6, 6.07) is -1.12. The van der Waals surface area contributed by atoms with Crippen LogP contribution in [0.1, 0.15) is 41.0 Å². The highest BCUT2D eigenvalue weighted by Crippen LogP contribution is 2.37. The number of aliphatic hydroxyl groups is 1. The summed E-state index contributed by atoms with van der Waals surface area (Å²) >= 11 is -2.97. The van der Waals surface area contributed by atoms with Crippen LogP contribution in [0.4, 0.5) is 4.79 Å². The third kappa shape index (κ3) is 4.33. The van der Waals surface area contributed by atoms with E-state index in [2.05, 4.69) is 10.6 Å². The monoisotopic (exact) mass is 420 g/mol. The molecule has 0 aromatic carbocycles. The predicted molar refractivity (Wildman–Crippen MR) is 100 cm³/mol. The molecule has 162 valence electrons. The van der Waals surface area contributed by atoms with Crippen molar-refractivity contribution >= 4 is 23.1 Å². The molecule has 0 radical (unpaired) electrons. The number of cyclic esters (lactones) is 1. The number of hydrogen-bond acceptors (Lipinski definition) is 9. The summed E-state index contributed by atoms with van der Waals surface area (Å²) < 4.78 is 34.1. The number of carbonyl (C=O) groups is 2. The molecule has 11 heteroatoms. The van der Waals surface area contributed by atoms with Crippen molar-refractivity contribution in [3.05, 3.63) is 0 Å². The molecule has 10 nitrogen and oxygen atoms in total. The van der Waals surface area contributed by atoms with E-state index in [0.717, 1.165) is 6.92 Å². The number of carbonyl (C=O) groups excluding carboxylic acids is 2. The van der Waals surface area contributed by atoms with E-state index in [-0.39, 0.29) is 6.42 Å². The van der Waals surface area contributed by atoms with Crippen LogP contribution in [0.2, 0.25) is 0 Å². The van der Waals surface area contributed by atoms with E-state index < -0.39 is 51.4 Å². The van der Waals surface area contributed by atoms with Gasteiger partial charge in [0.15, 0.2) is 11.0 Å². The van der Waals surface area contributed by atoms with Gasteiger partial charge < -0.3 is 29.8 Å². The Hall–Kier alpha value is -1.27. The molecule has 1 amide bonds. The Morgan fingerprint density at radius 2 is 1.93 bits per heavy atom. The first-order valence-electron chi connectivity index (χ1n) is 9.34. The van der Waals surface area contributed by atoms with E-state index in [1.54, 1.807) is 27.7 Å². The lowest BCUT2D eigenvalue weighted by molar-refractivity contribution is -0.176. The second-order valence-electron chi connectivity index (χ2n) is 8.25. The highest BCUT2D eigenvalue weighted by molar-refractivity contribution is 7.80. The third-order valence-corrected chi connectivity index (χ3v) is 6.07. The fourth-order valence-corrected chi connectivity index (χ4v) is 4.15. The molecule has 2 aliphatic heterocycles. The van der Waals surface area contributed by atoms with Crippen LogP contribution in [0.5, 0.6) is 0 Å². The lowest BCUT2D eigenvalue weighted by Crippen LogP contribution is -2.72. The van der Waals surface area contributed by atoms with Gasteiger partial charge >= 0.3 is 12.1 Å². The van der Waals surface area contributed by atoms with Crippen molar-refractivity contribution in [1.29, 1.82) is 0 Å². The minimum absolute atomic E-state index is 0.217. The smallest absolute Gasteiger partial charge is 0.408 e. The third-order valence-electron chi connectivity index (χ3n) is 5.16. The van der Waals surface area contributed by atoms with Gasteiger partial charge in [0.25, 0.3) is 0 Å². The molecule has 0 saturated carbocycles. The molecule has 3 N–H and O–H groups in total. The van der Waals surface area contributed by atoms with Crippen molar-refractivity contribution in [3.63, 3.8) is 0 Å². The molecule has 2 heterocycles. The van der Waals surface area contributed by atoms with Crippen molar-refractivity contribution in [2.75, 3.05) is 26.2 Å². The molecule has 0 aliphatic carbocycles. The summed E-state index contributed by atoms with van der Waals surface area (Å²) in [5.74, 6) is -0.599. The van der Waals surface area contributed by atoms with Crippen molar-refractivity contribution in [2.45, 2.75) is 69.3 Å². The number of nitrogens with zero attached hydrogens (tertiary/aromatic N) is 1. The average molecular weight is 421 g/mol. The average Bonchev–Trinajstić information content (AvgIpc) is 2.98. The molecule has 28 heavy (non-hydrogen) atoms. The summed E-state index contributed by atoms with van der Waals surface area (Å²) in [7, 11) is 0. The molecule has 5 unspecified atom stereocenters. The maximum Gasteiger partial charge on any atom is 0.408 e. The number of piperazine rings is 1. The van der Waals surface area contributed by atoms with Crippen molar-refractivity contribution < 1.29 is 32.9 Å². The van der Waals surface area contributed by atoms with Crippen LogP contribution in [0.25, 0.3) is 0 Å². The highest BCUT2D eigenvalue weighted by atomic mass is 32.2. The van der Waals surface area contributed by atoms with Gasteiger partial charge in [-0.3, -0.25) is 9.11 Å². The standard InChI is InChI=1S/C17H31N3O7S/c1-6-17(13(21)27-15(2,3)4,20-9-7-18-8-10-20)11-12(26-14(22)19-11)16(5,23)28(24)25/h11-12,18,23H,6-10H2,1-5H3,(H,19,22)(H,24,25)/p-1. The van der Waals surface area contributed by atoms with Crippen LogP contribution >= 0.6 is 0 Å². The molecule has 2 fully saturated rings. The topological polar surface area (TPSA) is 140 Å². The predicted octanol–water partition coefficient (Wildman–Crippen LogP) is -0.553. The largest absolute Gasteiger partial charge is 0.770 e. The number of esters is 1. The van der Waals surface area contributed by atoms with E-state index in [0.29, 0.717) is 26.2 Å². The first-order valence-corrected chi connectivity index (χ1v) is 10.4. The first kappa shape index (κ1) is 23.0. The van der Waals surface area contributed by atoms with Gasteiger partial charge in [-0.1, -0.05) is 6.92 Å². The Bertz CT molecular complexity index is 631. The number of alkyl carbamates (subject to hydrolysis) is 1. The molecule has 0 bridgehead atoms. The van der Waals surface area contributed by atoms with Gasteiger partial charge in [0, 0.05) is 26.2 Å². The van der Waals surface area contributed by atoms with E-state index in [1.165, 1.54) is 0 Å². The molecule has 5 atom stereocenters. The number of nitrogens with one attached hydrogen (secondary N) is 2. The van der Waals surface area contributed by atoms with Gasteiger partial charge in [-0.2, -0.15) is 0 Å². The van der Waals surface area contributed by atoms with E-state index in [9.17, 15) is 23.5 Å². The maximum atomic E-state index is 13.4. The first-order chi connectivity index (χ1) is 12.9. The molecular weight excluding hydrogens is 390 g/mol. The quantitative estimate of drug-likeness (QED) is 0.381. The van der Waals surface area contributed by atoms with Crippen LogP contribution < -0.4 is 10.6 Å². The van der Waals surface area contributed by atoms with E-state index >= 15 is 0 Å². The van der Waals surface area contributed by atoms with Gasteiger partial charge in [0.2, 0.25) is 0 Å². The normalized spacial score (nSPS) is 29.2. The SMILES string of the molecule is CCC(C(=O)OC(C)(C)C)(C1NC(=O)OC1C(C)(O)S(=O)[O-])N1CCNCC1. The lowest BCUT2D eigenvalue weighted by Gasteiger charge is -2.49. The molecule has 2 saturated heterocycles. The zero-order valence-electron chi connectivity index (χ0n) is 16.9. The van der Waals surface area contributed by atoms with Gasteiger partial charge in [0.05, 0.1) is 0 Å². The van der Waals surface area contributed by atoms with E-state index in [4.69, 9.17) is 9.47 Å². The van der Waals surface area contributed by atoms with Crippen LogP contribution in [0, 0.1) is 0 Å². The number of amides is 1. The van der Waals surface area contributed by atoms with E-state index in [1.807, 2.05) is 4.90 Å². The summed E-state index contributed by atoms with van der Waals surface area (Å²) in [6.07, 6.45) is -2.16. The highest BCUT2D eigenvalue weighted by Gasteiger charge is 2.62. The Morgan fingerprint density at radius 1 is 1.36 bits per heavy atom. The minimum Gasteiger partial charge on any atom is -0.770 e. The number of ether oxygens (including phenoxy) is 2. The Kier molecular flexibility index (Phi) is 6.76. The summed E-state index contributed by atoms with van der Waals surface area (Å²) in [5, 5.41) is 16.3. The molecule has 0 aromatic heterocycles. The number of hydrogen-bond donors (Lipinski definition) is 3. The van der Waals surface area contributed by atoms with Gasteiger partial charge in [0.1, 0.15) is 17.2 Å². The van der Waals surface area contributed by atoms with Crippen LogP contribution in [-0.4, -0.2) is 85.2 Å². The van der Waals surface area contributed by atoms with Crippen molar-refractivity contribution in [2.24, 2.45) is 0 Å². The Labute approximate surface area is 167 Å². The second-order valence-corrected chi connectivity index (χ2v) is 9.55. The molecule has 2 aliphatic rings. The second kappa shape index (κ2) is 8.23. The summed E-state index contributed by atoms with van der Waals surface area (Å²) in [6.45, 7) is 10.2. The zero-order chi connectivity index (χ0) is 21.3. The van der Waals surface area contributed by atoms with Crippen LogP contribution in [-0.2, 0) is 25.3 Å². The Morgan fingerprint density at radius 3 is 2.39 bits per heavy atom. The fourth-order valence-electron chi connectivity index (χ4n) is 3.77. The van der Waals surface area contributed by atoms with Gasteiger partial charge in [-0.05, 0) is 45.2 Å². The zero-order valence-corrected chi connectivity index (χ0v) is 17.8. The van der Waals surface area contributed by atoms with Crippen LogP contribution in [0.15, 0.2) is 0 Å². The molecular formula is C17H30N3O7S-. The van der Waals surface area contributed by atoms with Crippen LogP contribution in [0.3, 0.4) is 0 Å². The Balaban J connectivity index is 2.56.